The average Bonchev–Trinajstić information content (AvgIpc) is 2.73. The van der Waals surface area contributed by atoms with E-state index in [-0.39, 0.29) is 5.69 Å². The zero-order valence-electron chi connectivity index (χ0n) is 9.86. The van der Waals surface area contributed by atoms with Crippen LogP contribution in [0.15, 0.2) is 12.3 Å². The summed E-state index contributed by atoms with van der Waals surface area (Å²) in [6.45, 7) is -1.37. The second-order valence-electron chi connectivity index (χ2n) is 3.87. The smallest absolute Gasteiger partial charge is 0.333 e. The van der Waals surface area contributed by atoms with Gasteiger partial charge in [-0.25, -0.2) is 4.68 Å². The fraction of sp³-hybridized carbons (Fsp3) is 0.600. The van der Waals surface area contributed by atoms with Crippen LogP contribution >= 0.6 is 0 Å². The average molecular weight is 246 g/mol. The maximum absolute atomic E-state index is 12.2. The third kappa shape index (κ3) is 4.48. The molecule has 0 fully saturated rings. The monoisotopic (exact) mass is 246 g/mol. The maximum atomic E-state index is 12.2. The summed E-state index contributed by atoms with van der Waals surface area (Å²) in [5, 5.41) is 6.09. The van der Waals surface area contributed by atoms with E-state index in [2.05, 4.69) is 10.4 Å². The van der Waals surface area contributed by atoms with Crippen LogP contribution < -0.4 is 5.32 Å². The summed E-state index contributed by atoms with van der Waals surface area (Å²) < 4.78 is 24.9. The third-order valence-electron chi connectivity index (χ3n) is 2.11. The normalized spacial score (nSPS) is 11.2. The fourth-order valence-corrected chi connectivity index (χ4v) is 1.26. The third-order valence-corrected chi connectivity index (χ3v) is 2.11. The number of nitrogens with one attached hydrogen (secondary N) is 1. The molecular weight excluding hydrogens is 230 g/mol. The number of halogens is 2. The number of aromatic nitrogens is 2. The molecule has 0 aromatic carbocycles. The van der Waals surface area contributed by atoms with Gasteiger partial charge in [0, 0.05) is 12.7 Å². The lowest BCUT2D eigenvalue weighted by atomic mass is 10.3. The molecular formula is C10H16F2N4O. The number of alkyl halides is 2. The van der Waals surface area contributed by atoms with Gasteiger partial charge >= 0.3 is 6.55 Å². The standard InChI is InChI=1S/C10H16F2N4O/c1-15(2)6-3-5-13-9(17)8-4-7-16(14-8)10(11)12/h4,7,10H,3,5-6H2,1-2H3,(H,13,17). The summed E-state index contributed by atoms with van der Waals surface area (Å²) >= 11 is 0. The number of amides is 1. The van der Waals surface area contributed by atoms with E-state index in [1.54, 1.807) is 0 Å². The Hall–Kier alpha value is -1.50. The molecule has 0 aliphatic carbocycles. The summed E-state index contributed by atoms with van der Waals surface area (Å²) in [5.41, 5.74) is 0.00940. The molecule has 1 N–H and O–H groups in total. The van der Waals surface area contributed by atoms with Crippen LogP contribution in [0.3, 0.4) is 0 Å². The molecule has 0 atom stereocenters. The Morgan fingerprint density at radius 3 is 2.82 bits per heavy atom. The van der Waals surface area contributed by atoms with Gasteiger partial charge in [-0.1, -0.05) is 0 Å². The van der Waals surface area contributed by atoms with Crippen LogP contribution in [-0.2, 0) is 0 Å². The number of carbonyl (C=O) groups is 1. The van der Waals surface area contributed by atoms with E-state index in [0.29, 0.717) is 11.2 Å². The predicted octanol–water partition coefficient (Wildman–Crippen LogP) is 0.960. The molecule has 1 heterocycles. The zero-order valence-corrected chi connectivity index (χ0v) is 9.86. The summed E-state index contributed by atoms with van der Waals surface area (Å²) in [6, 6.07) is 1.27. The van der Waals surface area contributed by atoms with Crippen molar-refractivity contribution in [3.8, 4) is 0 Å². The van der Waals surface area contributed by atoms with Gasteiger partial charge in [-0.2, -0.15) is 13.9 Å². The molecule has 0 aliphatic rings. The maximum Gasteiger partial charge on any atom is 0.333 e. The highest BCUT2D eigenvalue weighted by atomic mass is 19.3. The Morgan fingerprint density at radius 1 is 1.59 bits per heavy atom. The first kappa shape index (κ1) is 13.6. The van der Waals surface area contributed by atoms with Crippen LogP contribution in [-0.4, -0.2) is 47.8 Å². The number of hydrogen-bond acceptors (Lipinski definition) is 3. The van der Waals surface area contributed by atoms with Crippen molar-refractivity contribution < 1.29 is 13.6 Å². The van der Waals surface area contributed by atoms with Crippen LogP contribution in [0.2, 0.25) is 0 Å². The van der Waals surface area contributed by atoms with Crippen LogP contribution in [0.25, 0.3) is 0 Å². The Morgan fingerprint density at radius 2 is 2.29 bits per heavy atom. The van der Waals surface area contributed by atoms with Gasteiger partial charge in [0.25, 0.3) is 5.91 Å². The molecule has 0 spiro atoms. The Kier molecular flexibility index (Phi) is 5.02. The zero-order chi connectivity index (χ0) is 12.8. The molecule has 0 unspecified atom stereocenters. The van der Waals surface area contributed by atoms with E-state index in [4.69, 9.17) is 0 Å². The van der Waals surface area contributed by atoms with Crippen LogP contribution in [0.5, 0.6) is 0 Å². The molecule has 1 amide bonds. The molecule has 0 bridgehead atoms. The minimum atomic E-state index is -2.72. The van der Waals surface area contributed by atoms with Crippen LogP contribution in [0.1, 0.15) is 23.5 Å². The summed E-state index contributed by atoms with van der Waals surface area (Å²) in [4.78, 5) is 13.5. The van der Waals surface area contributed by atoms with Crippen molar-refractivity contribution in [3.63, 3.8) is 0 Å². The second kappa shape index (κ2) is 6.29. The molecule has 1 aromatic heterocycles. The fourth-order valence-electron chi connectivity index (χ4n) is 1.26. The highest BCUT2D eigenvalue weighted by molar-refractivity contribution is 5.92. The van der Waals surface area contributed by atoms with Gasteiger partial charge in [0.05, 0.1) is 0 Å². The number of carbonyl (C=O) groups excluding carboxylic acids is 1. The van der Waals surface area contributed by atoms with Gasteiger partial charge in [-0.05, 0) is 33.1 Å². The highest BCUT2D eigenvalue weighted by Crippen LogP contribution is 2.08. The van der Waals surface area contributed by atoms with Crippen molar-refractivity contribution in [3.05, 3.63) is 18.0 Å². The SMILES string of the molecule is CN(C)CCCNC(=O)c1ccn(C(F)F)n1. The summed E-state index contributed by atoms with van der Waals surface area (Å²) in [5.74, 6) is -0.428. The lowest BCUT2D eigenvalue weighted by molar-refractivity contribution is 0.0560. The largest absolute Gasteiger partial charge is 0.351 e. The molecule has 96 valence electrons. The van der Waals surface area contributed by atoms with Crippen molar-refractivity contribution in [2.24, 2.45) is 0 Å². The molecule has 0 aliphatic heterocycles. The van der Waals surface area contributed by atoms with Crippen molar-refractivity contribution >= 4 is 5.91 Å². The van der Waals surface area contributed by atoms with Crippen molar-refractivity contribution in [2.45, 2.75) is 13.0 Å². The highest BCUT2D eigenvalue weighted by Gasteiger charge is 2.12. The van der Waals surface area contributed by atoms with Gasteiger partial charge < -0.3 is 10.2 Å². The van der Waals surface area contributed by atoms with Gasteiger partial charge in [-0.15, -0.1) is 0 Å². The van der Waals surface area contributed by atoms with Crippen LogP contribution in [0.4, 0.5) is 8.78 Å². The molecule has 1 aromatic rings. The quantitative estimate of drug-likeness (QED) is 0.761. The van der Waals surface area contributed by atoms with E-state index in [9.17, 15) is 13.6 Å². The summed E-state index contributed by atoms with van der Waals surface area (Å²) in [6.07, 6.45) is 1.88. The van der Waals surface area contributed by atoms with Crippen molar-refractivity contribution in [1.29, 1.82) is 0 Å². The molecule has 0 saturated heterocycles. The lowest BCUT2D eigenvalue weighted by Gasteiger charge is -2.09. The number of rotatable bonds is 6. The number of nitrogens with zero attached hydrogens (tertiary/aromatic N) is 3. The Balaban J connectivity index is 2.36. The minimum Gasteiger partial charge on any atom is -0.351 e. The minimum absolute atomic E-state index is 0.00940. The first-order valence-electron chi connectivity index (χ1n) is 5.27. The predicted molar refractivity (Wildman–Crippen MR) is 59.0 cm³/mol. The van der Waals surface area contributed by atoms with Gasteiger partial charge in [0.1, 0.15) is 5.69 Å². The molecule has 0 radical (unpaired) electrons. The van der Waals surface area contributed by atoms with Gasteiger partial charge in [0.2, 0.25) is 0 Å². The lowest BCUT2D eigenvalue weighted by Crippen LogP contribution is -2.27. The Labute approximate surface area is 98.4 Å². The molecule has 1 rings (SSSR count). The topological polar surface area (TPSA) is 50.2 Å². The first-order chi connectivity index (χ1) is 8.00. The molecule has 5 nitrogen and oxygen atoms in total. The molecule has 17 heavy (non-hydrogen) atoms. The van der Waals surface area contributed by atoms with Crippen molar-refractivity contribution in [1.82, 2.24) is 20.0 Å². The second-order valence-corrected chi connectivity index (χ2v) is 3.87. The van der Waals surface area contributed by atoms with E-state index in [1.165, 1.54) is 6.07 Å². The first-order valence-corrected chi connectivity index (χ1v) is 5.27. The molecule has 7 heteroatoms. The van der Waals surface area contributed by atoms with E-state index < -0.39 is 12.5 Å². The number of hydrogen-bond donors (Lipinski definition) is 1. The van der Waals surface area contributed by atoms with Crippen LogP contribution in [0, 0.1) is 0 Å². The van der Waals surface area contributed by atoms with E-state index >= 15 is 0 Å². The van der Waals surface area contributed by atoms with Crippen molar-refractivity contribution in [2.75, 3.05) is 27.2 Å². The van der Waals surface area contributed by atoms with Gasteiger partial charge in [-0.3, -0.25) is 4.79 Å². The van der Waals surface area contributed by atoms with Gasteiger partial charge in [0.15, 0.2) is 0 Å². The van der Waals surface area contributed by atoms with E-state index in [1.807, 2.05) is 19.0 Å². The Bertz CT molecular complexity index is 365. The summed E-state index contributed by atoms with van der Waals surface area (Å²) in [7, 11) is 3.87. The van der Waals surface area contributed by atoms with E-state index in [0.717, 1.165) is 19.2 Å². The molecule has 0 saturated carbocycles.